The van der Waals surface area contributed by atoms with Gasteiger partial charge in [-0.3, -0.25) is 14.4 Å². The van der Waals surface area contributed by atoms with E-state index < -0.39 is 0 Å². The number of hydrogen-bond donors (Lipinski definition) is 3. The number of H-pyrrole nitrogens is 2. The lowest BCUT2D eigenvalue weighted by atomic mass is 10.2. The largest absolute Gasteiger partial charge is 0.357 e. The monoisotopic (exact) mass is 350 g/mol. The summed E-state index contributed by atoms with van der Waals surface area (Å²) in [5.41, 5.74) is 2.71. The molecule has 3 heterocycles. The van der Waals surface area contributed by atoms with Gasteiger partial charge in [0.05, 0.1) is 17.6 Å². The maximum absolute atomic E-state index is 12.3. The van der Waals surface area contributed by atoms with Crippen LogP contribution in [0.15, 0.2) is 36.7 Å². The maximum atomic E-state index is 12.3. The summed E-state index contributed by atoms with van der Waals surface area (Å²) in [6, 6.07) is 5.13. The van der Waals surface area contributed by atoms with Gasteiger partial charge >= 0.3 is 0 Å². The number of rotatable bonds is 6. The summed E-state index contributed by atoms with van der Waals surface area (Å²) in [7, 11) is 0. The highest BCUT2D eigenvalue weighted by molar-refractivity contribution is 6.04. The number of amides is 1. The zero-order valence-corrected chi connectivity index (χ0v) is 14.4. The number of carbonyl (C=O) groups excluding carboxylic acids is 3. The predicted molar refractivity (Wildman–Crippen MR) is 99.2 cm³/mol. The van der Waals surface area contributed by atoms with E-state index in [1.165, 1.54) is 19.2 Å². The Morgan fingerprint density at radius 2 is 2.00 bits per heavy atom. The Labute approximate surface area is 149 Å². The summed E-state index contributed by atoms with van der Waals surface area (Å²) in [5.74, 6) is -0.385. The fourth-order valence-electron chi connectivity index (χ4n) is 2.47. The van der Waals surface area contributed by atoms with Crippen LogP contribution in [0.3, 0.4) is 0 Å². The van der Waals surface area contributed by atoms with Gasteiger partial charge in [0.2, 0.25) is 0 Å². The van der Waals surface area contributed by atoms with Crippen molar-refractivity contribution in [3.63, 3.8) is 0 Å². The molecule has 0 bridgehead atoms. The van der Waals surface area contributed by atoms with Crippen molar-refractivity contribution in [1.82, 2.24) is 15.0 Å². The lowest BCUT2D eigenvalue weighted by Gasteiger charge is -2.03. The van der Waals surface area contributed by atoms with Gasteiger partial charge in [0.15, 0.2) is 11.6 Å². The van der Waals surface area contributed by atoms with Crippen molar-refractivity contribution < 1.29 is 14.4 Å². The van der Waals surface area contributed by atoms with Gasteiger partial charge in [0, 0.05) is 18.0 Å². The zero-order chi connectivity index (χ0) is 18.7. The maximum Gasteiger partial charge on any atom is 0.272 e. The standard InChI is InChI=1S/C19H18N4O3/c1-3-17(25)15-8-13-7-14(10-21-18(13)23-15)22-19(26)16-6-12(9-20-16)5-4-11(2)24/h4-10,20H,3H2,1-2H3,(H,21,23)(H,22,26)/b5-4+. The van der Waals surface area contributed by atoms with Crippen LogP contribution in [0.4, 0.5) is 5.69 Å². The van der Waals surface area contributed by atoms with Crippen LogP contribution in [0.1, 0.15) is 46.8 Å². The van der Waals surface area contributed by atoms with Gasteiger partial charge in [-0.25, -0.2) is 4.98 Å². The number of carbonyl (C=O) groups is 3. The average Bonchev–Trinajstić information content (AvgIpc) is 3.25. The SMILES string of the molecule is CCC(=O)c1cc2cc(NC(=O)c3cc(/C=C/C(C)=O)c[nH]3)cnc2[nH]1. The van der Waals surface area contributed by atoms with Crippen molar-refractivity contribution in [2.45, 2.75) is 20.3 Å². The Kier molecular flexibility index (Phi) is 4.79. The first-order valence-corrected chi connectivity index (χ1v) is 8.16. The van der Waals surface area contributed by atoms with E-state index in [-0.39, 0.29) is 17.5 Å². The molecule has 3 aromatic heterocycles. The van der Waals surface area contributed by atoms with E-state index in [1.807, 2.05) is 0 Å². The number of allylic oxidation sites excluding steroid dienone is 1. The van der Waals surface area contributed by atoms with E-state index in [0.29, 0.717) is 29.1 Å². The summed E-state index contributed by atoms with van der Waals surface area (Å²) >= 11 is 0. The van der Waals surface area contributed by atoms with Crippen molar-refractivity contribution in [2.24, 2.45) is 0 Å². The van der Waals surface area contributed by atoms with Gasteiger partial charge in [0.1, 0.15) is 11.3 Å². The molecule has 0 atom stereocenters. The molecule has 0 aliphatic rings. The number of aromatic amines is 2. The molecule has 0 radical (unpaired) electrons. The second kappa shape index (κ2) is 7.18. The van der Waals surface area contributed by atoms with Crippen LogP contribution in [0.5, 0.6) is 0 Å². The minimum Gasteiger partial charge on any atom is -0.357 e. The first-order valence-electron chi connectivity index (χ1n) is 8.16. The van der Waals surface area contributed by atoms with Crippen LogP contribution in [-0.4, -0.2) is 32.4 Å². The summed E-state index contributed by atoms with van der Waals surface area (Å²) < 4.78 is 0. The normalized spacial score (nSPS) is 11.2. The van der Waals surface area contributed by atoms with Crippen LogP contribution in [0.25, 0.3) is 17.1 Å². The van der Waals surface area contributed by atoms with Gasteiger partial charge in [-0.15, -0.1) is 0 Å². The highest BCUT2D eigenvalue weighted by Gasteiger charge is 2.11. The van der Waals surface area contributed by atoms with Gasteiger partial charge < -0.3 is 15.3 Å². The number of anilines is 1. The number of fused-ring (bicyclic) bond motifs is 1. The highest BCUT2D eigenvalue weighted by atomic mass is 16.2. The van der Waals surface area contributed by atoms with E-state index in [2.05, 4.69) is 20.3 Å². The molecule has 3 aromatic rings. The smallest absolute Gasteiger partial charge is 0.272 e. The summed E-state index contributed by atoms with van der Waals surface area (Å²) in [4.78, 5) is 45.1. The molecule has 0 aliphatic heterocycles. The number of nitrogens with zero attached hydrogens (tertiary/aromatic N) is 1. The van der Waals surface area contributed by atoms with Crippen LogP contribution in [0.2, 0.25) is 0 Å². The Morgan fingerprint density at radius 3 is 2.73 bits per heavy atom. The Bertz CT molecular complexity index is 1030. The topological polar surface area (TPSA) is 108 Å². The zero-order valence-electron chi connectivity index (χ0n) is 14.4. The number of pyridine rings is 1. The summed E-state index contributed by atoms with van der Waals surface area (Å²) in [6.07, 6.45) is 6.64. The minimum absolute atomic E-state index is 0.00566. The molecule has 0 saturated heterocycles. The van der Waals surface area contributed by atoms with Gasteiger partial charge in [0.25, 0.3) is 5.91 Å². The molecule has 0 saturated carbocycles. The van der Waals surface area contributed by atoms with Crippen molar-refractivity contribution in [3.8, 4) is 0 Å². The van der Waals surface area contributed by atoms with Gasteiger partial charge in [-0.05, 0) is 42.8 Å². The first-order chi connectivity index (χ1) is 12.5. The summed E-state index contributed by atoms with van der Waals surface area (Å²) in [5, 5.41) is 3.50. The van der Waals surface area contributed by atoms with Gasteiger partial charge in [-0.1, -0.05) is 6.92 Å². The molecule has 26 heavy (non-hydrogen) atoms. The number of ketones is 2. The number of nitrogens with one attached hydrogen (secondary N) is 3. The van der Waals surface area contributed by atoms with Crippen LogP contribution in [-0.2, 0) is 4.79 Å². The second-order valence-electron chi connectivity index (χ2n) is 5.87. The molecule has 3 N–H and O–H groups in total. The average molecular weight is 350 g/mol. The van der Waals surface area contributed by atoms with E-state index in [0.717, 1.165) is 10.9 Å². The molecule has 0 spiro atoms. The summed E-state index contributed by atoms with van der Waals surface area (Å²) in [6.45, 7) is 3.25. The molecule has 0 unspecified atom stereocenters. The number of aromatic nitrogens is 3. The predicted octanol–water partition coefficient (Wildman–Crippen LogP) is 3.34. The fourth-order valence-corrected chi connectivity index (χ4v) is 2.47. The van der Waals surface area contributed by atoms with E-state index in [1.54, 1.807) is 37.4 Å². The first kappa shape index (κ1) is 17.3. The molecular weight excluding hydrogens is 332 g/mol. The highest BCUT2D eigenvalue weighted by Crippen LogP contribution is 2.19. The van der Waals surface area contributed by atoms with Crippen molar-refractivity contribution >= 4 is 40.3 Å². The molecule has 7 heteroatoms. The van der Waals surface area contributed by atoms with Crippen LogP contribution >= 0.6 is 0 Å². The molecule has 3 rings (SSSR count). The number of hydrogen-bond acceptors (Lipinski definition) is 4. The van der Waals surface area contributed by atoms with Crippen molar-refractivity contribution in [3.05, 3.63) is 53.6 Å². The fraction of sp³-hybridized carbons (Fsp3) is 0.158. The Morgan fingerprint density at radius 1 is 1.19 bits per heavy atom. The third kappa shape index (κ3) is 3.77. The second-order valence-corrected chi connectivity index (χ2v) is 5.87. The molecule has 0 aromatic carbocycles. The van der Waals surface area contributed by atoms with Gasteiger partial charge in [-0.2, -0.15) is 0 Å². The molecule has 7 nitrogen and oxygen atoms in total. The third-order valence-electron chi connectivity index (χ3n) is 3.81. The minimum atomic E-state index is -0.325. The van der Waals surface area contributed by atoms with E-state index in [9.17, 15) is 14.4 Å². The Balaban J connectivity index is 1.76. The third-order valence-corrected chi connectivity index (χ3v) is 3.81. The molecule has 0 fully saturated rings. The van der Waals surface area contributed by atoms with Crippen molar-refractivity contribution in [2.75, 3.05) is 5.32 Å². The van der Waals surface area contributed by atoms with E-state index in [4.69, 9.17) is 0 Å². The lowest BCUT2D eigenvalue weighted by molar-refractivity contribution is -0.112. The lowest BCUT2D eigenvalue weighted by Crippen LogP contribution is -2.12. The molecule has 0 aliphatic carbocycles. The molecule has 132 valence electrons. The van der Waals surface area contributed by atoms with Crippen LogP contribution in [0, 0.1) is 0 Å². The van der Waals surface area contributed by atoms with Crippen molar-refractivity contribution in [1.29, 1.82) is 0 Å². The van der Waals surface area contributed by atoms with E-state index >= 15 is 0 Å². The van der Waals surface area contributed by atoms with Crippen LogP contribution < -0.4 is 5.32 Å². The quantitative estimate of drug-likeness (QED) is 0.468. The Hall–Kier alpha value is -3.48. The number of Topliss-reactive ketones (excluding diaryl/α,β-unsaturated/α-hetero) is 1. The molecule has 1 amide bonds. The molecular formula is C19H18N4O3.